The van der Waals surface area contributed by atoms with Crippen molar-refractivity contribution < 1.29 is 19.1 Å². The number of aryl methyl sites for hydroxylation is 2. The number of amides is 3. The topological polar surface area (TPSA) is 93.9 Å². The number of hydrogen-bond donors (Lipinski definition) is 2. The van der Waals surface area contributed by atoms with E-state index in [4.69, 9.17) is 15.2 Å². The second-order valence-corrected chi connectivity index (χ2v) is 5.06. The highest BCUT2D eigenvalue weighted by atomic mass is 16.6. The van der Waals surface area contributed by atoms with Gasteiger partial charge in [0.1, 0.15) is 5.75 Å². The second-order valence-electron chi connectivity index (χ2n) is 5.06. The number of rotatable bonds is 6. The first-order valence-electron chi connectivity index (χ1n) is 7.54. The summed E-state index contributed by atoms with van der Waals surface area (Å²) in [5, 5.41) is 2.54. The van der Waals surface area contributed by atoms with Crippen LogP contribution in [0, 0.1) is 20.8 Å². The van der Waals surface area contributed by atoms with Crippen LogP contribution in [0.5, 0.6) is 5.75 Å². The molecular formula is C16H25N3O4. The summed E-state index contributed by atoms with van der Waals surface area (Å²) in [4.78, 5) is 24.7. The Morgan fingerprint density at radius 3 is 2.48 bits per heavy atom. The Hall–Kier alpha value is -2.28. The Morgan fingerprint density at radius 1 is 1.22 bits per heavy atom. The zero-order valence-corrected chi connectivity index (χ0v) is 14.1. The van der Waals surface area contributed by atoms with Crippen LogP contribution in [0.15, 0.2) is 12.1 Å². The molecular weight excluding hydrogens is 298 g/mol. The van der Waals surface area contributed by atoms with Crippen molar-refractivity contribution in [2.45, 2.75) is 27.7 Å². The van der Waals surface area contributed by atoms with Crippen LogP contribution in [0.3, 0.4) is 0 Å². The van der Waals surface area contributed by atoms with E-state index in [1.54, 1.807) is 6.92 Å². The first-order valence-corrected chi connectivity index (χ1v) is 7.54. The number of ether oxygens (including phenoxy) is 2. The van der Waals surface area contributed by atoms with Crippen molar-refractivity contribution in [1.82, 2.24) is 10.2 Å². The molecule has 7 nitrogen and oxygen atoms in total. The summed E-state index contributed by atoms with van der Waals surface area (Å²) in [6.07, 6.45) is -0.724. The van der Waals surface area contributed by atoms with Crippen molar-refractivity contribution in [2.75, 3.05) is 26.4 Å². The molecule has 3 amide bonds. The lowest BCUT2D eigenvalue weighted by atomic mass is 10.1. The second kappa shape index (κ2) is 8.99. The Labute approximate surface area is 136 Å². The number of imide groups is 1. The van der Waals surface area contributed by atoms with E-state index in [9.17, 15) is 9.59 Å². The van der Waals surface area contributed by atoms with Crippen LogP contribution in [0.1, 0.15) is 23.6 Å². The van der Waals surface area contributed by atoms with Gasteiger partial charge in [-0.2, -0.15) is 0 Å². The van der Waals surface area contributed by atoms with Crippen LogP contribution >= 0.6 is 0 Å². The number of urea groups is 1. The van der Waals surface area contributed by atoms with Gasteiger partial charge in [0, 0.05) is 13.1 Å². The number of nitrogens with zero attached hydrogens (tertiary/aromatic N) is 1. The fraction of sp³-hybridized carbons (Fsp3) is 0.500. The lowest BCUT2D eigenvalue weighted by molar-refractivity contribution is 0.113. The minimum Gasteiger partial charge on any atom is -0.473 e. The Balaban J connectivity index is 2.65. The third-order valence-corrected chi connectivity index (χ3v) is 3.40. The summed E-state index contributed by atoms with van der Waals surface area (Å²) >= 11 is 0. The number of nitrogens with two attached hydrogens (primary N) is 1. The van der Waals surface area contributed by atoms with E-state index in [1.807, 2.05) is 32.9 Å². The molecule has 0 radical (unpaired) electrons. The molecule has 0 saturated heterocycles. The fourth-order valence-corrected chi connectivity index (χ4v) is 2.02. The van der Waals surface area contributed by atoms with Crippen LogP contribution in [0.4, 0.5) is 9.59 Å². The minimum atomic E-state index is -0.724. The van der Waals surface area contributed by atoms with Crippen molar-refractivity contribution in [3.05, 3.63) is 28.8 Å². The van der Waals surface area contributed by atoms with Gasteiger partial charge in [0.05, 0.1) is 6.61 Å². The molecule has 1 aromatic carbocycles. The molecule has 0 spiro atoms. The zero-order valence-electron chi connectivity index (χ0n) is 14.1. The minimum absolute atomic E-state index is 0.0511. The predicted octanol–water partition coefficient (Wildman–Crippen LogP) is 2.07. The van der Waals surface area contributed by atoms with Crippen LogP contribution in [-0.2, 0) is 4.74 Å². The first-order chi connectivity index (χ1) is 10.9. The summed E-state index contributed by atoms with van der Waals surface area (Å²) in [5.41, 5.74) is 8.52. The SMILES string of the molecule is CCOC(=O)N(CCN)C(=O)NCOc1c(C)ccc(C)c1C. The molecule has 7 heteroatoms. The molecule has 0 saturated carbocycles. The molecule has 1 aromatic rings. The molecule has 0 aliphatic carbocycles. The first kappa shape index (κ1) is 18.8. The van der Waals surface area contributed by atoms with Gasteiger partial charge in [-0.15, -0.1) is 0 Å². The van der Waals surface area contributed by atoms with Gasteiger partial charge >= 0.3 is 12.1 Å². The smallest absolute Gasteiger partial charge is 0.418 e. The van der Waals surface area contributed by atoms with Crippen molar-refractivity contribution in [2.24, 2.45) is 5.73 Å². The molecule has 128 valence electrons. The van der Waals surface area contributed by atoms with Gasteiger partial charge in [-0.1, -0.05) is 12.1 Å². The highest BCUT2D eigenvalue weighted by Crippen LogP contribution is 2.25. The van der Waals surface area contributed by atoms with Crippen LogP contribution < -0.4 is 15.8 Å². The monoisotopic (exact) mass is 323 g/mol. The highest BCUT2D eigenvalue weighted by Gasteiger charge is 2.21. The zero-order chi connectivity index (χ0) is 17.4. The molecule has 1 rings (SSSR count). The van der Waals surface area contributed by atoms with Gasteiger partial charge in [0.2, 0.25) is 0 Å². The lowest BCUT2D eigenvalue weighted by Gasteiger charge is -2.20. The fourth-order valence-electron chi connectivity index (χ4n) is 2.02. The van der Waals surface area contributed by atoms with Crippen molar-refractivity contribution >= 4 is 12.1 Å². The van der Waals surface area contributed by atoms with Gasteiger partial charge < -0.3 is 20.5 Å². The molecule has 0 bridgehead atoms. The maximum absolute atomic E-state index is 12.1. The third-order valence-electron chi connectivity index (χ3n) is 3.40. The normalized spacial score (nSPS) is 10.1. The van der Waals surface area contributed by atoms with E-state index < -0.39 is 12.1 Å². The standard InChI is InChI=1S/C16H25N3O4/c1-5-22-16(21)19(9-8-17)15(20)18-10-23-14-12(3)7-6-11(2)13(14)4/h6-7H,5,8-10,17H2,1-4H3,(H,18,20). The van der Waals surface area contributed by atoms with Gasteiger partial charge in [-0.25, -0.2) is 14.5 Å². The average Bonchev–Trinajstić information content (AvgIpc) is 2.52. The maximum atomic E-state index is 12.1. The number of hydrogen-bond acceptors (Lipinski definition) is 5. The van der Waals surface area contributed by atoms with E-state index in [0.717, 1.165) is 27.3 Å². The summed E-state index contributed by atoms with van der Waals surface area (Å²) in [6, 6.07) is 3.37. The van der Waals surface area contributed by atoms with E-state index >= 15 is 0 Å². The molecule has 23 heavy (non-hydrogen) atoms. The molecule has 0 aliphatic heterocycles. The summed E-state index contributed by atoms with van der Waals surface area (Å²) < 4.78 is 10.5. The van der Waals surface area contributed by atoms with Crippen LogP contribution in [-0.4, -0.2) is 43.5 Å². The molecule has 3 N–H and O–H groups in total. The van der Waals surface area contributed by atoms with E-state index in [1.165, 1.54) is 0 Å². The molecule has 0 fully saturated rings. The van der Waals surface area contributed by atoms with Crippen LogP contribution in [0.25, 0.3) is 0 Å². The van der Waals surface area contributed by atoms with Gasteiger partial charge in [0.15, 0.2) is 6.73 Å². The quantitative estimate of drug-likeness (QED) is 0.782. The number of carbonyl (C=O) groups is 2. The Bertz CT molecular complexity index is 561. The summed E-state index contributed by atoms with van der Waals surface area (Å²) in [6.45, 7) is 7.92. The highest BCUT2D eigenvalue weighted by molar-refractivity contribution is 5.90. The molecule has 0 heterocycles. The Morgan fingerprint density at radius 2 is 1.87 bits per heavy atom. The summed E-state index contributed by atoms with van der Waals surface area (Å²) in [5.74, 6) is 0.729. The van der Waals surface area contributed by atoms with Crippen molar-refractivity contribution in [3.63, 3.8) is 0 Å². The van der Waals surface area contributed by atoms with Crippen molar-refractivity contribution in [1.29, 1.82) is 0 Å². The van der Waals surface area contributed by atoms with Gasteiger partial charge in [-0.3, -0.25) is 0 Å². The largest absolute Gasteiger partial charge is 0.473 e. The van der Waals surface area contributed by atoms with E-state index in [2.05, 4.69) is 5.32 Å². The van der Waals surface area contributed by atoms with Crippen LogP contribution in [0.2, 0.25) is 0 Å². The average molecular weight is 323 g/mol. The number of carbonyl (C=O) groups excluding carboxylic acids is 2. The number of benzene rings is 1. The molecule has 0 unspecified atom stereocenters. The maximum Gasteiger partial charge on any atom is 0.418 e. The predicted molar refractivity (Wildman–Crippen MR) is 87.5 cm³/mol. The molecule has 0 atom stereocenters. The summed E-state index contributed by atoms with van der Waals surface area (Å²) in [7, 11) is 0. The van der Waals surface area contributed by atoms with E-state index in [-0.39, 0.29) is 26.4 Å². The number of nitrogens with one attached hydrogen (secondary N) is 1. The van der Waals surface area contributed by atoms with Gasteiger partial charge in [-0.05, 0) is 44.4 Å². The van der Waals surface area contributed by atoms with E-state index in [0.29, 0.717) is 0 Å². The molecule has 0 aromatic heterocycles. The van der Waals surface area contributed by atoms with Crippen molar-refractivity contribution in [3.8, 4) is 5.75 Å². The molecule has 0 aliphatic rings. The van der Waals surface area contributed by atoms with Gasteiger partial charge in [0.25, 0.3) is 0 Å². The third kappa shape index (κ3) is 5.14. The Kier molecular flexibility index (Phi) is 7.34. The lowest BCUT2D eigenvalue weighted by Crippen LogP contribution is -2.47.